The molecule has 1 aliphatic rings. The van der Waals surface area contributed by atoms with Crippen LogP contribution in [0.1, 0.15) is 163 Å². The first kappa shape index (κ1) is 106. The number of benzene rings is 8. The number of phosphoric acid groups is 1. The molecule has 1 saturated heterocycles. The number of aromatic amines is 2. The summed E-state index contributed by atoms with van der Waals surface area (Å²) in [5.41, 5.74) is 14.5. The molecular weight excluding hydrogens is 1800 g/mol. The second-order valence-electron chi connectivity index (χ2n) is 34.0. The van der Waals surface area contributed by atoms with Gasteiger partial charge in [-0.15, -0.1) is 0 Å². The summed E-state index contributed by atoms with van der Waals surface area (Å²) in [4.78, 5) is 59.2. The summed E-state index contributed by atoms with van der Waals surface area (Å²) in [5.74, 6) is 4.12. The van der Waals surface area contributed by atoms with Crippen molar-refractivity contribution in [2.24, 2.45) is 5.92 Å². The lowest BCUT2D eigenvalue weighted by Gasteiger charge is -2.22. The van der Waals surface area contributed by atoms with Crippen molar-refractivity contribution in [3.63, 3.8) is 0 Å². The van der Waals surface area contributed by atoms with Crippen LogP contribution < -0.4 is 52.5 Å². The zero-order chi connectivity index (χ0) is 98.3. The number of aromatic nitrogens is 8. The second kappa shape index (κ2) is 46.5. The van der Waals surface area contributed by atoms with Crippen LogP contribution >= 0.6 is 44.0 Å². The lowest BCUT2D eigenvalue weighted by Crippen LogP contribution is -2.25. The summed E-state index contributed by atoms with van der Waals surface area (Å²) in [5, 5.41) is 64.8. The van der Waals surface area contributed by atoms with Crippen LogP contribution in [0.2, 0.25) is 0 Å². The molecule has 0 saturated carbocycles. The van der Waals surface area contributed by atoms with E-state index in [1.165, 1.54) is 39.9 Å². The van der Waals surface area contributed by atoms with Gasteiger partial charge in [0.05, 0.1) is 122 Å². The number of carbonyl (C=O) groups is 2. The van der Waals surface area contributed by atoms with Gasteiger partial charge in [-0.1, -0.05) is 95.3 Å². The Labute approximate surface area is 805 Å². The van der Waals surface area contributed by atoms with Crippen molar-refractivity contribution >= 4 is 78.8 Å². The van der Waals surface area contributed by atoms with Crippen LogP contribution in [0.5, 0.6) is 75.0 Å². The number of phenolic OH excluding ortho intramolecular Hbond substituents is 6. The highest BCUT2D eigenvalue weighted by molar-refractivity contribution is 7.99. The zero-order valence-corrected chi connectivity index (χ0v) is 84.0. The van der Waals surface area contributed by atoms with E-state index in [4.69, 9.17) is 61.9 Å². The van der Waals surface area contributed by atoms with Gasteiger partial charge in [0, 0.05) is 134 Å². The highest BCUT2D eigenvalue weighted by Gasteiger charge is 2.32. The molecule has 0 radical (unpaired) electrons. The van der Waals surface area contributed by atoms with Crippen LogP contribution in [0.15, 0.2) is 151 Å². The molecular formula is C100H130N13O18PS3. The number of thioether (sulfide) groups is 1. The van der Waals surface area contributed by atoms with Crippen molar-refractivity contribution in [2.45, 2.75) is 146 Å². The molecule has 1 atom stereocenters. The van der Waals surface area contributed by atoms with Gasteiger partial charge >= 0.3 is 25.9 Å². The summed E-state index contributed by atoms with van der Waals surface area (Å²) >= 11 is 12.9. The fourth-order valence-corrected chi connectivity index (χ4v) is 17.2. The van der Waals surface area contributed by atoms with E-state index >= 15 is 0 Å². The molecule has 1 aliphatic heterocycles. The van der Waals surface area contributed by atoms with Crippen molar-refractivity contribution in [3.05, 3.63) is 178 Å². The Morgan fingerprint density at radius 3 is 1.30 bits per heavy atom. The number of esters is 1. The largest absolute Gasteiger partial charge is 0.529 e. The minimum atomic E-state index is -4.46. The molecule has 1 unspecified atom stereocenters. The molecule has 5 heterocycles. The van der Waals surface area contributed by atoms with E-state index in [0.717, 1.165) is 123 Å². The first-order valence-corrected chi connectivity index (χ1v) is 47.4. The number of phenols is 6. The van der Waals surface area contributed by atoms with Crippen molar-refractivity contribution in [2.75, 3.05) is 129 Å². The minimum Gasteiger partial charge on any atom is -0.508 e. The summed E-state index contributed by atoms with van der Waals surface area (Å²) in [6.45, 7) is 27.8. The first-order valence-electron chi connectivity index (χ1n) is 44.1. The number of methoxy groups -OCH3 is 4. The molecule has 8 aromatic carbocycles. The Balaban J connectivity index is 0.000000202. The molecule has 12 aromatic rings. The average Bonchev–Trinajstić information content (AvgIpc) is 1.66. The smallest absolute Gasteiger partial charge is 0.508 e. The summed E-state index contributed by atoms with van der Waals surface area (Å²) in [6.07, 6.45) is 9.58. The number of nitrogens with one attached hydrogen (secondary N) is 2. The minimum absolute atomic E-state index is 0. The number of H-pyrrole nitrogens is 2. The summed E-state index contributed by atoms with van der Waals surface area (Å²) in [7, 11) is 15.0. The molecule has 31 nitrogen and oxygen atoms in total. The fourth-order valence-electron chi connectivity index (χ4n) is 15.1. The Hall–Kier alpha value is -12.7. The number of hydrogen-bond donors (Lipinski definition) is 9. The van der Waals surface area contributed by atoms with Crippen LogP contribution in [0.25, 0.3) is 67.8 Å². The Kier molecular flexibility index (Phi) is 36.5. The SMILES string of the molecule is C.CCCSc1ncc(-c2cc(C(C)C)c(O)cc2O)n1-c1ccc(OC)c(N(C)C)c1.CCOP(=O)(O)Oc1ncc(-c2cc(C(C)C)c(O)cc2O)n1-c1ccc(OC)c(N(C)CC)c1.COc1ccc(-n2c(-c3cc(C(C)C)c(OC(=O)C(C)C)cc3O)c[nH]c2=S)cc1N1CCCC1.COc1ccc(-n2c(-c3cc(C(C)C)c(OC(=O)N(C)C)cc3O)c[nH]c2=S)cc1N(C)C. The number of aromatic hydroxyl groups is 6. The van der Waals surface area contributed by atoms with Crippen molar-refractivity contribution in [3.8, 4) is 143 Å². The van der Waals surface area contributed by atoms with E-state index in [-0.39, 0.29) is 90.1 Å². The van der Waals surface area contributed by atoms with E-state index in [9.17, 15) is 49.7 Å². The predicted octanol–water partition coefficient (Wildman–Crippen LogP) is 22.7. The number of hydrogen-bond acceptors (Lipinski definition) is 26. The van der Waals surface area contributed by atoms with Gasteiger partial charge in [-0.05, 0) is 201 Å². The first-order chi connectivity index (χ1) is 63.5. The van der Waals surface area contributed by atoms with Gasteiger partial charge in [0.15, 0.2) is 14.7 Å². The predicted molar refractivity (Wildman–Crippen MR) is 542 cm³/mol. The van der Waals surface area contributed by atoms with Crippen molar-refractivity contribution < 1.29 is 87.2 Å². The molecule has 0 spiro atoms. The van der Waals surface area contributed by atoms with E-state index in [0.29, 0.717) is 83.9 Å². The van der Waals surface area contributed by atoms with Crippen LogP contribution in [0.4, 0.5) is 27.5 Å². The normalized spacial score (nSPS) is 12.1. The number of rotatable bonds is 31. The Morgan fingerprint density at radius 1 is 0.481 bits per heavy atom. The monoisotopic (exact) mass is 1930 g/mol. The highest BCUT2D eigenvalue weighted by Crippen LogP contribution is 2.50. The molecule has 1 fully saturated rings. The van der Waals surface area contributed by atoms with Gasteiger partial charge in [-0.2, -0.15) is 0 Å². The van der Waals surface area contributed by atoms with Crippen LogP contribution in [0.3, 0.4) is 0 Å². The lowest BCUT2D eigenvalue weighted by molar-refractivity contribution is -0.137. The summed E-state index contributed by atoms with van der Waals surface area (Å²) < 4.78 is 64.2. The number of anilines is 4. The van der Waals surface area contributed by atoms with E-state index in [1.54, 1.807) is 112 Å². The van der Waals surface area contributed by atoms with Gasteiger partial charge in [0.2, 0.25) is 0 Å². The van der Waals surface area contributed by atoms with Gasteiger partial charge in [-0.25, -0.2) is 19.3 Å². The lowest BCUT2D eigenvalue weighted by atomic mass is 9.97. The summed E-state index contributed by atoms with van der Waals surface area (Å²) in [6, 6.07) is 35.8. The highest BCUT2D eigenvalue weighted by atomic mass is 32.2. The number of carbonyl (C=O) groups excluding carboxylic acids is 2. The van der Waals surface area contributed by atoms with Crippen LogP contribution in [-0.2, 0) is 13.9 Å². The second-order valence-corrected chi connectivity index (χ2v) is 37.2. The van der Waals surface area contributed by atoms with E-state index in [2.05, 4.69) is 48.5 Å². The average molecular weight is 1930 g/mol. The number of amides is 1. The quantitative estimate of drug-likeness (QED) is 0.00640. The topological polar surface area (TPSA) is 360 Å². The third kappa shape index (κ3) is 24.5. The maximum absolute atomic E-state index is 12.4. The zero-order valence-electron chi connectivity index (χ0n) is 80.6. The number of nitrogens with zero attached hydrogens (tertiary/aromatic N) is 11. The number of imidazole rings is 4. The maximum atomic E-state index is 12.4. The van der Waals surface area contributed by atoms with E-state index in [1.807, 2.05) is 188 Å². The van der Waals surface area contributed by atoms with Crippen molar-refractivity contribution in [1.29, 1.82) is 0 Å². The van der Waals surface area contributed by atoms with Gasteiger partial charge in [0.1, 0.15) is 69.0 Å². The van der Waals surface area contributed by atoms with Crippen molar-refractivity contribution in [1.82, 2.24) is 43.1 Å². The molecule has 1 amide bonds. The maximum Gasteiger partial charge on any atom is 0.529 e. The standard InChI is InChI=1S/C27H33N3O4S.C24H30N4O4S.C24H32N3O7P.C24H31N3O3S.CH4/c1-16(2)19-13-20(23(31)14-25(19)34-26(32)17(3)4)22-15-28-27(35)30(22)18-8-9-24(33-5)21(12-18)29-10-6-7-11-29;1-14(2)16-11-17(20(29)12-22(16)32-24(30)27(5)6)19-13-25-23(33)28(19)15-8-9-21(31-7)18(10-15)26(3)4;1-7-26(5)19-11-16(9-10-23(19)32-6)27-20(14-25-24(27)34-35(30,31)33-8-2)18-12-17(15(3)4)21(28)13-22(18)29;1-7-10-31-24-25-14-20(18-12-17(15(2)3)21(28)13-22(18)29)27(24)16-8-9-23(30-6)19(11-16)26(4)5;/h8-9,12-17,31H,6-7,10-11H2,1-5H3,(H,28,35);8-14,29H,1-7H3,(H,25,33);9-15,28-29H,7-8H2,1-6H3,(H,30,31);8-9,11-15,28-29H,7,10H2,1-6H3;1H4. The van der Waals surface area contributed by atoms with Gasteiger partial charge in [-0.3, -0.25) is 32.5 Å². The molecule has 0 bridgehead atoms. The fraction of sp³-hybridized carbons (Fsp3) is 0.380. The Morgan fingerprint density at radius 2 is 0.874 bits per heavy atom. The molecule has 4 aromatic heterocycles. The third-order valence-corrected chi connectivity index (χ3v) is 25.0. The molecule has 0 aliphatic carbocycles. The molecule has 13 rings (SSSR count). The third-order valence-electron chi connectivity index (χ3n) is 22.3. The van der Waals surface area contributed by atoms with Crippen LogP contribution in [-0.4, -0.2) is 200 Å². The van der Waals surface area contributed by atoms with E-state index < -0.39 is 13.9 Å². The van der Waals surface area contributed by atoms with Gasteiger partial charge in [0.25, 0.3) is 0 Å². The molecule has 135 heavy (non-hydrogen) atoms. The van der Waals surface area contributed by atoms with Crippen LogP contribution in [0, 0.1) is 15.5 Å². The molecule has 35 heteroatoms. The number of phosphoric ester groups is 1. The number of ether oxygens (including phenoxy) is 6. The Bertz CT molecular complexity index is 6320. The molecule has 9 N–H and O–H groups in total. The van der Waals surface area contributed by atoms with Gasteiger partial charge < -0.3 is 98.1 Å². The molecule has 726 valence electrons.